The molecule has 1 unspecified atom stereocenters. The molecular weight excluding hydrogens is 371 g/mol. The van der Waals surface area contributed by atoms with Crippen molar-refractivity contribution < 1.29 is 9.52 Å². The lowest BCUT2D eigenvalue weighted by Gasteiger charge is -2.17. The van der Waals surface area contributed by atoms with Gasteiger partial charge in [0.2, 0.25) is 0 Å². The zero-order chi connectivity index (χ0) is 17.4. The van der Waals surface area contributed by atoms with Crippen LogP contribution in [0.3, 0.4) is 0 Å². The van der Waals surface area contributed by atoms with Crippen molar-refractivity contribution in [1.82, 2.24) is 10.2 Å². The molecule has 0 saturated heterocycles. The topological polar surface area (TPSA) is 48.6 Å². The third-order valence-corrected chi connectivity index (χ3v) is 4.36. The summed E-state index contributed by atoms with van der Waals surface area (Å²) >= 11 is 0. The SMILES string of the molecule is CCN(CC)CCCNCc1ccc(-c2ccc(C(C)O)cc2)o1.Cl.Cl. The van der Waals surface area contributed by atoms with Gasteiger partial charge in [0.05, 0.1) is 12.6 Å². The Hall–Kier alpha value is -1.04. The van der Waals surface area contributed by atoms with Gasteiger partial charge in [-0.05, 0) is 57.2 Å². The van der Waals surface area contributed by atoms with E-state index < -0.39 is 6.10 Å². The van der Waals surface area contributed by atoms with Crippen molar-refractivity contribution in [3.05, 3.63) is 47.7 Å². The fraction of sp³-hybridized carbons (Fsp3) is 0.500. The van der Waals surface area contributed by atoms with E-state index in [0.717, 1.165) is 61.8 Å². The molecule has 0 amide bonds. The Bertz CT molecular complexity index is 596. The summed E-state index contributed by atoms with van der Waals surface area (Å²) in [4.78, 5) is 2.43. The molecule has 0 radical (unpaired) electrons. The van der Waals surface area contributed by atoms with Crippen LogP contribution in [0.1, 0.15) is 44.6 Å². The summed E-state index contributed by atoms with van der Waals surface area (Å²) in [6.45, 7) is 11.3. The molecule has 0 fully saturated rings. The molecule has 1 aromatic carbocycles. The number of aliphatic hydroxyl groups excluding tert-OH is 1. The van der Waals surface area contributed by atoms with E-state index in [-0.39, 0.29) is 24.8 Å². The van der Waals surface area contributed by atoms with Crippen LogP contribution in [0.15, 0.2) is 40.8 Å². The first-order chi connectivity index (χ1) is 11.6. The van der Waals surface area contributed by atoms with Crippen molar-refractivity contribution in [2.75, 3.05) is 26.2 Å². The van der Waals surface area contributed by atoms with Gasteiger partial charge in [0.25, 0.3) is 0 Å². The molecular formula is C20H32Cl2N2O2. The number of nitrogens with zero attached hydrogens (tertiary/aromatic N) is 1. The molecule has 2 rings (SSSR count). The number of halogens is 2. The highest BCUT2D eigenvalue weighted by molar-refractivity contribution is 5.85. The first-order valence-electron chi connectivity index (χ1n) is 8.94. The Morgan fingerprint density at radius 3 is 2.27 bits per heavy atom. The fourth-order valence-corrected chi connectivity index (χ4v) is 2.73. The summed E-state index contributed by atoms with van der Waals surface area (Å²) in [7, 11) is 0. The smallest absolute Gasteiger partial charge is 0.134 e. The molecule has 0 aliphatic carbocycles. The van der Waals surface area contributed by atoms with Gasteiger partial charge in [-0.1, -0.05) is 38.1 Å². The zero-order valence-corrected chi connectivity index (χ0v) is 17.5. The van der Waals surface area contributed by atoms with Gasteiger partial charge in [0.15, 0.2) is 0 Å². The quantitative estimate of drug-likeness (QED) is 0.567. The van der Waals surface area contributed by atoms with Gasteiger partial charge in [-0.3, -0.25) is 0 Å². The molecule has 0 aliphatic heterocycles. The van der Waals surface area contributed by atoms with E-state index in [1.165, 1.54) is 0 Å². The van der Waals surface area contributed by atoms with Crippen LogP contribution in [0.5, 0.6) is 0 Å². The normalized spacial score (nSPS) is 11.7. The highest BCUT2D eigenvalue weighted by Gasteiger charge is 2.06. The van der Waals surface area contributed by atoms with Gasteiger partial charge in [0, 0.05) is 5.56 Å². The summed E-state index contributed by atoms with van der Waals surface area (Å²) < 4.78 is 5.90. The lowest BCUT2D eigenvalue weighted by molar-refractivity contribution is 0.199. The van der Waals surface area contributed by atoms with Gasteiger partial charge < -0.3 is 19.7 Å². The summed E-state index contributed by atoms with van der Waals surface area (Å²) in [5, 5.41) is 13.0. The summed E-state index contributed by atoms with van der Waals surface area (Å²) in [5.74, 6) is 1.82. The number of aliphatic hydroxyl groups is 1. The Morgan fingerprint density at radius 1 is 1.04 bits per heavy atom. The van der Waals surface area contributed by atoms with Gasteiger partial charge in [-0.15, -0.1) is 24.8 Å². The minimum atomic E-state index is -0.438. The number of hydrogen-bond donors (Lipinski definition) is 2. The Balaban J connectivity index is 0.00000312. The van der Waals surface area contributed by atoms with E-state index in [1.54, 1.807) is 6.92 Å². The van der Waals surface area contributed by atoms with E-state index in [1.807, 2.05) is 36.4 Å². The van der Waals surface area contributed by atoms with Gasteiger partial charge in [0.1, 0.15) is 11.5 Å². The third-order valence-electron chi connectivity index (χ3n) is 4.36. The molecule has 0 bridgehead atoms. The predicted molar refractivity (Wildman–Crippen MR) is 113 cm³/mol. The molecule has 0 spiro atoms. The third kappa shape index (κ3) is 7.68. The lowest BCUT2D eigenvalue weighted by Crippen LogP contribution is -2.27. The molecule has 4 nitrogen and oxygen atoms in total. The minimum absolute atomic E-state index is 0. The predicted octanol–water partition coefficient (Wildman–Crippen LogP) is 4.67. The maximum absolute atomic E-state index is 9.56. The van der Waals surface area contributed by atoms with Crippen molar-refractivity contribution in [3.63, 3.8) is 0 Å². The second kappa shape index (κ2) is 13.2. The van der Waals surface area contributed by atoms with E-state index in [0.29, 0.717) is 0 Å². The van der Waals surface area contributed by atoms with Crippen molar-refractivity contribution in [2.45, 2.75) is 39.8 Å². The Morgan fingerprint density at radius 2 is 1.69 bits per heavy atom. The average molecular weight is 403 g/mol. The van der Waals surface area contributed by atoms with Gasteiger partial charge >= 0.3 is 0 Å². The van der Waals surface area contributed by atoms with Gasteiger partial charge in [-0.25, -0.2) is 0 Å². The van der Waals surface area contributed by atoms with Crippen molar-refractivity contribution >= 4 is 24.8 Å². The number of nitrogens with one attached hydrogen (secondary N) is 1. The summed E-state index contributed by atoms with van der Waals surface area (Å²) in [6.07, 6.45) is 0.711. The molecule has 2 aromatic rings. The number of hydrogen-bond acceptors (Lipinski definition) is 4. The van der Waals surface area contributed by atoms with Crippen molar-refractivity contribution in [3.8, 4) is 11.3 Å². The first kappa shape index (κ1) is 25.0. The van der Waals surface area contributed by atoms with Crippen LogP contribution in [0, 0.1) is 0 Å². The monoisotopic (exact) mass is 402 g/mol. The van der Waals surface area contributed by atoms with Crippen LogP contribution in [0.2, 0.25) is 0 Å². The highest BCUT2D eigenvalue weighted by atomic mass is 35.5. The van der Waals surface area contributed by atoms with Crippen LogP contribution in [-0.4, -0.2) is 36.2 Å². The second-order valence-electron chi connectivity index (χ2n) is 6.12. The Labute approximate surface area is 169 Å². The minimum Gasteiger partial charge on any atom is -0.460 e. The summed E-state index contributed by atoms with van der Waals surface area (Å²) in [5.41, 5.74) is 1.95. The van der Waals surface area contributed by atoms with Crippen LogP contribution in [-0.2, 0) is 6.54 Å². The number of furan rings is 1. The first-order valence-corrected chi connectivity index (χ1v) is 8.94. The van der Waals surface area contributed by atoms with Crippen molar-refractivity contribution in [1.29, 1.82) is 0 Å². The second-order valence-corrected chi connectivity index (χ2v) is 6.12. The largest absolute Gasteiger partial charge is 0.460 e. The molecule has 0 saturated carbocycles. The standard InChI is InChI=1S/C20H30N2O2.2ClH/c1-4-22(5-2)14-6-13-21-15-19-11-12-20(24-19)18-9-7-17(8-10-18)16(3)23;;/h7-12,16,21,23H,4-6,13-15H2,1-3H3;2*1H. The molecule has 0 aliphatic rings. The molecule has 26 heavy (non-hydrogen) atoms. The maximum atomic E-state index is 9.56. The molecule has 1 heterocycles. The van der Waals surface area contributed by atoms with Crippen LogP contribution in [0.4, 0.5) is 0 Å². The van der Waals surface area contributed by atoms with E-state index >= 15 is 0 Å². The number of rotatable bonds is 10. The molecule has 6 heteroatoms. The lowest BCUT2D eigenvalue weighted by atomic mass is 10.1. The molecule has 2 N–H and O–H groups in total. The highest BCUT2D eigenvalue weighted by Crippen LogP contribution is 2.24. The molecule has 1 atom stereocenters. The fourth-order valence-electron chi connectivity index (χ4n) is 2.73. The van der Waals surface area contributed by atoms with Gasteiger partial charge in [-0.2, -0.15) is 0 Å². The Kier molecular flexibility index (Phi) is 12.7. The van der Waals surface area contributed by atoms with Crippen molar-refractivity contribution in [2.24, 2.45) is 0 Å². The van der Waals surface area contributed by atoms with E-state index in [4.69, 9.17) is 4.42 Å². The maximum Gasteiger partial charge on any atom is 0.134 e. The van der Waals surface area contributed by atoms with E-state index in [9.17, 15) is 5.11 Å². The molecule has 148 valence electrons. The van der Waals surface area contributed by atoms with Crippen LogP contribution >= 0.6 is 24.8 Å². The van der Waals surface area contributed by atoms with Crippen LogP contribution in [0.25, 0.3) is 11.3 Å². The molecule has 1 aromatic heterocycles. The van der Waals surface area contributed by atoms with E-state index in [2.05, 4.69) is 24.1 Å². The summed E-state index contributed by atoms with van der Waals surface area (Å²) in [6, 6.07) is 11.9. The average Bonchev–Trinajstić information content (AvgIpc) is 3.07. The van der Waals surface area contributed by atoms with Crippen LogP contribution < -0.4 is 5.32 Å². The zero-order valence-electron chi connectivity index (χ0n) is 15.9. The number of benzene rings is 1.